The minimum atomic E-state index is -0.153. The Morgan fingerprint density at radius 3 is 2.48 bits per heavy atom. The Morgan fingerprint density at radius 1 is 1.07 bits per heavy atom. The van der Waals surface area contributed by atoms with E-state index in [0.717, 1.165) is 11.3 Å². The fourth-order valence-corrected chi connectivity index (χ4v) is 3.17. The van der Waals surface area contributed by atoms with Gasteiger partial charge in [-0.05, 0) is 56.1 Å². The molecular weight excluding hydrogens is 372 g/mol. The van der Waals surface area contributed by atoms with Crippen LogP contribution in [0.4, 0.5) is 0 Å². The lowest BCUT2D eigenvalue weighted by Gasteiger charge is -2.25. The second-order valence-electron chi connectivity index (χ2n) is 7.05. The lowest BCUT2D eigenvalue weighted by Crippen LogP contribution is -2.34. The van der Waals surface area contributed by atoms with Gasteiger partial charge in [-0.3, -0.25) is 9.59 Å². The zero-order chi connectivity index (χ0) is 20.8. The van der Waals surface area contributed by atoms with E-state index in [2.05, 4.69) is 5.32 Å². The van der Waals surface area contributed by atoms with Gasteiger partial charge >= 0.3 is 0 Å². The van der Waals surface area contributed by atoms with Crippen molar-refractivity contribution < 1.29 is 23.8 Å². The molecule has 2 aromatic carbocycles. The molecule has 1 amide bonds. The fourth-order valence-electron chi connectivity index (χ4n) is 3.17. The summed E-state index contributed by atoms with van der Waals surface area (Å²) in [5, 5.41) is 2.93. The maximum absolute atomic E-state index is 12.3. The number of nitrogens with zero attached hydrogens (tertiary/aromatic N) is 1. The molecule has 154 valence electrons. The van der Waals surface area contributed by atoms with Gasteiger partial charge < -0.3 is 24.4 Å². The second-order valence-corrected chi connectivity index (χ2v) is 7.05. The Balaban J connectivity index is 1.52. The molecule has 1 atom stereocenters. The number of hydrogen-bond donors (Lipinski definition) is 1. The van der Waals surface area contributed by atoms with Gasteiger partial charge in [-0.15, -0.1) is 0 Å². The zero-order valence-corrected chi connectivity index (χ0v) is 16.9. The lowest BCUT2D eigenvalue weighted by atomic mass is 10.0. The molecule has 29 heavy (non-hydrogen) atoms. The molecule has 0 saturated carbocycles. The maximum atomic E-state index is 12.3. The van der Waals surface area contributed by atoms with Crippen LogP contribution >= 0.6 is 0 Å². The van der Waals surface area contributed by atoms with E-state index >= 15 is 0 Å². The minimum absolute atomic E-state index is 0.0225. The van der Waals surface area contributed by atoms with Crippen molar-refractivity contribution in [3.8, 4) is 17.2 Å². The highest BCUT2D eigenvalue weighted by atomic mass is 16.7. The van der Waals surface area contributed by atoms with Crippen LogP contribution in [-0.4, -0.2) is 51.1 Å². The van der Waals surface area contributed by atoms with Crippen molar-refractivity contribution in [2.75, 3.05) is 34.5 Å². The largest absolute Gasteiger partial charge is 0.497 e. The van der Waals surface area contributed by atoms with Crippen LogP contribution in [0.3, 0.4) is 0 Å². The first-order chi connectivity index (χ1) is 14.0. The summed E-state index contributed by atoms with van der Waals surface area (Å²) in [5.74, 6) is 1.91. The smallest absolute Gasteiger partial charge is 0.231 e. The molecule has 0 saturated heterocycles. The molecular formula is C22H26N2O5. The molecule has 0 aliphatic carbocycles. The summed E-state index contributed by atoms with van der Waals surface area (Å²) >= 11 is 0. The molecule has 0 fully saturated rings. The number of ketones is 1. The first-order valence-corrected chi connectivity index (χ1v) is 9.48. The molecule has 0 radical (unpaired) electrons. The number of fused-ring (bicyclic) bond motifs is 1. The van der Waals surface area contributed by atoms with Crippen molar-refractivity contribution in [3.05, 3.63) is 53.6 Å². The van der Waals surface area contributed by atoms with E-state index in [0.29, 0.717) is 23.6 Å². The molecule has 0 bridgehead atoms. The third-order valence-electron chi connectivity index (χ3n) is 4.89. The first-order valence-electron chi connectivity index (χ1n) is 9.48. The third-order valence-corrected chi connectivity index (χ3v) is 4.89. The number of ether oxygens (including phenoxy) is 3. The number of amides is 1. The Bertz CT molecular complexity index is 864. The predicted molar refractivity (Wildman–Crippen MR) is 109 cm³/mol. The summed E-state index contributed by atoms with van der Waals surface area (Å²) in [4.78, 5) is 26.6. The normalized spacial score (nSPS) is 13.2. The van der Waals surface area contributed by atoms with Gasteiger partial charge in [0.15, 0.2) is 17.3 Å². The van der Waals surface area contributed by atoms with Gasteiger partial charge in [-0.1, -0.05) is 6.07 Å². The Hall–Kier alpha value is -3.06. The molecule has 1 N–H and O–H groups in total. The van der Waals surface area contributed by atoms with Crippen molar-refractivity contribution in [3.63, 3.8) is 0 Å². The zero-order valence-electron chi connectivity index (χ0n) is 16.9. The third kappa shape index (κ3) is 5.26. The van der Waals surface area contributed by atoms with E-state index in [9.17, 15) is 9.59 Å². The molecule has 0 aromatic heterocycles. The highest BCUT2D eigenvalue weighted by Gasteiger charge is 2.20. The summed E-state index contributed by atoms with van der Waals surface area (Å²) in [7, 11) is 5.48. The fraction of sp³-hybridized carbons (Fsp3) is 0.364. The van der Waals surface area contributed by atoms with Crippen LogP contribution in [0.2, 0.25) is 0 Å². The van der Waals surface area contributed by atoms with Crippen molar-refractivity contribution in [2.24, 2.45) is 0 Å². The number of benzene rings is 2. The molecule has 1 unspecified atom stereocenters. The van der Waals surface area contributed by atoms with E-state index in [-0.39, 0.29) is 37.4 Å². The molecule has 1 heterocycles. The number of hydrogen-bond acceptors (Lipinski definition) is 6. The molecule has 1 aliphatic rings. The minimum Gasteiger partial charge on any atom is -0.497 e. The van der Waals surface area contributed by atoms with Crippen molar-refractivity contribution in [1.82, 2.24) is 10.2 Å². The maximum Gasteiger partial charge on any atom is 0.231 e. The van der Waals surface area contributed by atoms with Crippen LogP contribution in [0.5, 0.6) is 17.2 Å². The quantitative estimate of drug-likeness (QED) is 0.655. The van der Waals surface area contributed by atoms with Gasteiger partial charge in [-0.2, -0.15) is 0 Å². The molecule has 1 aliphatic heterocycles. The monoisotopic (exact) mass is 398 g/mol. The van der Waals surface area contributed by atoms with Crippen LogP contribution in [0, 0.1) is 0 Å². The van der Waals surface area contributed by atoms with Crippen molar-refractivity contribution in [1.29, 1.82) is 0 Å². The van der Waals surface area contributed by atoms with E-state index < -0.39 is 0 Å². The van der Waals surface area contributed by atoms with Crippen molar-refractivity contribution >= 4 is 11.7 Å². The predicted octanol–water partition coefficient (Wildman–Crippen LogP) is 2.81. The molecule has 2 aromatic rings. The van der Waals surface area contributed by atoms with Crippen LogP contribution in [-0.2, 0) is 4.79 Å². The number of rotatable bonds is 9. The Labute approximate surface area is 170 Å². The Morgan fingerprint density at radius 2 is 1.79 bits per heavy atom. The molecule has 7 heteroatoms. The number of methoxy groups -OCH3 is 1. The van der Waals surface area contributed by atoms with Gasteiger partial charge in [0.25, 0.3) is 0 Å². The SMILES string of the molecule is COc1ccc(C(=O)CCC(=O)NCC(c2ccc3c(c2)OCO3)N(C)C)cc1. The highest BCUT2D eigenvalue weighted by molar-refractivity contribution is 5.98. The summed E-state index contributed by atoms with van der Waals surface area (Å²) in [6, 6.07) is 12.7. The van der Waals surface area contributed by atoms with Crippen LogP contribution < -0.4 is 19.5 Å². The highest BCUT2D eigenvalue weighted by Crippen LogP contribution is 2.34. The average Bonchev–Trinajstić information content (AvgIpc) is 3.20. The number of likely N-dealkylation sites (N-methyl/N-ethyl adjacent to an activating group) is 1. The summed E-state index contributed by atoms with van der Waals surface area (Å²) in [6.45, 7) is 0.659. The number of nitrogens with one attached hydrogen (secondary N) is 1. The van der Waals surface area contributed by atoms with E-state index in [4.69, 9.17) is 14.2 Å². The number of carbonyl (C=O) groups is 2. The van der Waals surface area contributed by atoms with Gasteiger partial charge in [0, 0.05) is 24.9 Å². The van der Waals surface area contributed by atoms with E-state index in [1.165, 1.54) is 0 Å². The van der Waals surface area contributed by atoms with Crippen LogP contribution in [0.15, 0.2) is 42.5 Å². The molecule has 0 spiro atoms. The van der Waals surface area contributed by atoms with E-state index in [1.807, 2.05) is 37.2 Å². The molecule has 3 rings (SSSR count). The van der Waals surface area contributed by atoms with Gasteiger partial charge in [0.05, 0.1) is 13.2 Å². The van der Waals surface area contributed by atoms with Gasteiger partial charge in [0.1, 0.15) is 5.75 Å². The average molecular weight is 398 g/mol. The first kappa shape index (κ1) is 20.7. The summed E-state index contributed by atoms with van der Waals surface area (Å²) in [5.41, 5.74) is 1.60. The van der Waals surface area contributed by atoms with Crippen molar-refractivity contribution in [2.45, 2.75) is 18.9 Å². The van der Waals surface area contributed by atoms with Gasteiger partial charge in [0.2, 0.25) is 12.7 Å². The van der Waals surface area contributed by atoms with Crippen LogP contribution in [0.25, 0.3) is 0 Å². The van der Waals surface area contributed by atoms with Crippen LogP contribution in [0.1, 0.15) is 34.8 Å². The Kier molecular flexibility index (Phi) is 6.72. The number of carbonyl (C=O) groups excluding carboxylic acids is 2. The topological polar surface area (TPSA) is 77.1 Å². The molecule has 7 nitrogen and oxygen atoms in total. The standard InChI is InChI=1S/C22H26N2O5/c1-24(2)18(16-6-10-20-21(12-16)29-14-28-20)13-23-22(26)11-9-19(25)15-4-7-17(27-3)8-5-15/h4-8,10,12,18H,9,11,13-14H2,1-3H3,(H,23,26). The van der Waals surface area contributed by atoms with Gasteiger partial charge in [-0.25, -0.2) is 0 Å². The van der Waals surface area contributed by atoms with E-state index in [1.54, 1.807) is 31.4 Å². The summed E-state index contributed by atoms with van der Waals surface area (Å²) in [6.07, 6.45) is 0.307. The number of Topliss-reactive ketones (excluding diaryl/α,β-unsaturated/α-hetero) is 1. The second kappa shape index (κ2) is 9.43. The lowest BCUT2D eigenvalue weighted by molar-refractivity contribution is -0.121. The summed E-state index contributed by atoms with van der Waals surface area (Å²) < 4.78 is 15.9.